The number of aromatic nitrogens is 2. The average Bonchev–Trinajstić information content (AvgIpc) is 2.73. The van der Waals surface area contributed by atoms with Crippen molar-refractivity contribution in [1.29, 1.82) is 0 Å². The van der Waals surface area contributed by atoms with E-state index in [0.717, 1.165) is 16.6 Å². The summed E-state index contributed by atoms with van der Waals surface area (Å²) in [5, 5.41) is 1.11. The fourth-order valence-electron chi connectivity index (χ4n) is 1.85. The fourth-order valence-corrected chi connectivity index (χ4v) is 1.85. The molecule has 0 aliphatic rings. The molecule has 0 aliphatic heterocycles. The van der Waals surface area contributed by atoms with Crippen molar-refractivity contribution in [3.63, 3.8) is 0 Å². The third kappa shape index (κ3) is 1.34. The van der Waals surface area contributed by atoms with E-state index < -0.39 is 0 Å². The van der Waals surface area contributed by atoms with E-state index in [0.29, 0.717) is 5.56 Å². The molecule has 16 heavy (non-hydrogen) atoms. The highest BCUT2D eigenvalue weighted by molar-refractivity contribution is 5.85. The van der Waals surface area contributed by atoms with E-state index in [1.807, 2.05) is 42.5 Å². The molecule has 0 amide bonds. The second kappa shape index (κ2) is 3.38. The molecule has 0 fully saturated rings. The molecule has 2 aromatic heterocycles. The molecule has 0 spiro atoms. The number of fused-ring (bicyclic) bond motifs is 1. The van der Waals surface area contributed by atoms with E-state index in [2.05, 4.69) is 9.97 Å². The normalized spacial score (nSPS) is 10.8. The van der Waals surface area contributed by atoms with Crippen LogP contribution in [0.3, 0.4) is 0 Å². The van der Waals surface area contributed by atoms with Crippen LogP contribution in [0.25, 0.3) is 22.2 Å². The monoisotopic (exact) mass is 210 g/mol. The number of pyridine rings is 1. The van der Waals surface area contributed by atoms with Crippen molar-refractivity contribution in [3.05, 3.63) is 59.0 Å². The van der Waals surface area contributed by atoms with Crippen molar-refractivity contribution >= 4 is 10.9 Å². The van der Waals surface area contributed by atoms with E-state index in [4.69, 9.17) is 0 Å². The highest BCUT2D eigenvalue weighted by atomic mass is 16.1. The molecule has 1 aromatic carbocycles. The highest BCUT2D eigenvalue weighted by Gasteiger charge is 2.05. The first-order valence-corrected chi connectivity index (χ1v) is 5.10. The van der Waals surface area contributed by atoms with Gasteiger partial charge in [0, 0.05) is 17.1 Å². The average molecular weight is 210 g/mol. The Labute approximate surface area is 91.8 Å². The summed E-state index contributed by atoms with van der Waals surface area (Å²) in [5.41, 5.74) is 2.48. The molecule has 2 heterocycles. The van der Waals surface area contributed by atoms with Gasteiger partial charge in [0.15, 0.2) is 0 Å². The molecule has 78 valence electrons. The van der Waals surface area contributed by atoms with Gasteiger partial charge < -0.3 is 9.97 Å². The van der Waals surface area contributed by atoms with Crippen LogP contribution in [0.5, 0.6) is 0 Å². The van der Waals surface area contributed by atoms with Gasteiger partial charge in [-0.1, -0.05) is 18.2 Å². The predicted molar refractivity (Wildman–Crippen MR) is 64.4 cm³/mol. The van der Waals surface area contributed by atoms with Gasteiger partial charge in [-0.05, 0) is 24.3 Å². The minimum atomic E-state index is -0.0749. The topological polar surface area (TPSA) is 48.6 Å². The third-order valence-corrected chi connectivity index (χ3v) is 2.64. The molecule has 0 atom stereocenters. The van der Waals surface area contributed by atoms with E-state index in [-0.39, 0.29) is 5.56 Å². The summed E-state index contributed by atoms with van der Waals surface area (Å²) in [6.07, 6.45) is 1.63. The first-order valence-electron chi connectivity index (χ1n) is 5.10. The summed E-state index contributed by atoms with van der Waals surface area (Å²) < 4.78 is 0. The summed E-state index contributed by atoms with van der Waals surface area (Å²) in [6.45, 7) is 0. The number of rotatable bonds is 1. The maximum absolute atomic E-state index is 11.6. The number of H-pyrrole nitrogens is 2. The van der Waals surface area contributed by atoms with Crippen LogP contribution in [0, 0.1) is 0 Å². The molecule has 0 saturated carbocycles. The largest absolute Gasteiger partial charge is 0.354 e. The SMILES string of the molecule is O=c1[nH]cccc1-c1cc2ccccc2[nH]1. The second-order valence-corrected chi connectivity index (χ2v) is 3.68. The van der Waals surface area contributed by atoms with Crippen LogP contribution in [0.1, 0.15) is 0 Å². The molecule has 3 rings (SSSR count). The molecule has 2 N–H and O–H groups in total. The van der Waals surface area contributed by atoms with Crippen molar-refractivity contribution in [3.8, 4) is 11.3 Å². The lowest BCUT2D eigenvalue weighted by Gasteiger charge is -1.94. The fraction of sp³-hybridized carbons (Fsp3) is 0. The Balaban J connectivity index is 2.27. The molecular weight excluding hydrogens is 200 g/mol. The van der Waals surface area contributed by atoms with Gasteiger partial charge in [-0.25, -0.2) is 0 Å². The van der Waals surface area contributed by atoms with Crippen molar-refractivity contribution in [2.45, 2.75) is 0 Å². The van der Waals surface area contributed by atoms with Crippen LogP contribution < -0.4 is 5.56 Å². The van der Waals surface area contributed by atoms with Crippen LogP contribution in [0.4, 0.5) is 0 Å². The van der Waals surface area contributed by atoms with Crippen LogP contribution in [-0.2, 0) is 0 Å². The zero-order chi connectivity index (χ0) is 11.0. The minimum Gasteiger partial charge on any atom is -0.354 e. The van der Waals surface area contributed by atoms with Gasteiger partial charge >= 0.3 is 0 Å². The van der Waals surface area contributed by atoms with E-state index >= 15 is 0 Å². The number of hydrogen-bond donors (Lipinski definition) is 2. The Hall–Kier alpha value is -2.29. The Kier molecular flexibility index (Phi) is 1.90. The Morgan fingerprint density at radius 1 is 1.00 bits per heavy atom. The number of nitrogens with one attached hydrogen (secondary N) is 2. The lowest BCUT2D eigenvalue weighted by Crippen LogP contribution is -2.06. The van der Waals surface area contributed by atoms with Gasteiger partial charge in [-0.2, -0.15) is 0 Å². The standard InChI is InChI=1S/C13H10N2O/c16-13-10(5-3-7-14-13)12-8-9-4-1-2-6-11(9)15-12/h1-8,15H,(H,14,16). The van der Waals surface area contributed by atoms with Gasteiger partial charge in [0.05, 0.1) is 11.3 Å². The maximum atomic E-state index is 11.6. The van der Waals surface area contributed by atoms with Gasteiger partial charge in [-0.15, -0.1) is 0 Å². The molecule has 0 unspecified atom stereocenters. The summed E-state index contributed by atoms with van der Waals surface area (Å²) in [4.78, 5) is 17.5. The zero-order valence-corrected chi connectivity index (χ0v) is 8.53. The number of hydrogen-bond acceptors (Lipinski definition) is 1. The van der Waals surface area contributed by atoms with Crippen molar-refractivity contribution in [2.24, 2.45) is 0 Å². The van der Waals surface area contributed by atoms with E-state index in [9.17, 15) is 4.79 Å². The summed E-state index contributed by atoms with van der Waals surface area (Å²) in [5.74, 6) is 0. The van der Waals surface area contributed by atoms with Crippen LogP contribution in [0.15, 0.2) is 53.5 Å². The van der Waals surface area contributed by atoms with Crippen molar-refractivity contribution < 1.29 is 0 Å². The minimum absolute atomic E-state index is 0.0749. The zero-order valence-electron chi connectivity index (χ0n) is 8.53. The number of para-hydroxylation sites is 1. The van der Waals surface area contributed by atoms with Crippen LogP contribution in [0.2, 0.25) is 0 Å². The Morgan fingerprint density at radius 2 is 1.88 bits per heavy atom. The Morgan fingerprint density at radius 3 is 2.69 bits per heavy atom. The van der Waals surface area contributed by atoms with E-state index in [1.54, 1.807) is 6.20 Å². The first-order chi connectivity index (χ1) is 7.84. The van der Waals surface area contributed by atoms with E-state index in [1.165, 1.54) is 0 Å². The molecule has 0 bridgehead atoms. The van der Waals surface area contributed by atoms with Gasteiger partial charge in [0.2, 0.25) is 0 Å². The first kappa shape index (κ1) is 8.97. The maximum Gasteiger partial charge on any atom is 0.257 e. The molecule has 0 saturated heterocycles. The molecule has 3 aromatic rings. The quantitative estimate of drug-likeness (QED) is 0.637. The second-order valence-electron chi connectivity index (χ2n) is 3.68. The van der Waals surface area contributed by atoms with Crippen molar-refractivity contribution in [1.82, 2.24) is 9.97 Å². The summed E-state index contributed by atoms with van der Waals surface area (Å²) >= 11 is 0. The van der Waals surface area contributed by atoms with Gasteiger partial charge in [0.1, 0.15) is 0 Å². The molecule has 3 nitrogen and oxygen atoms in total. The molecule has 0 aliphatic carbocycles. The smallest absolute Gasteiger partial charge is 0.257 e. The number of aromatic amines is 2. The lowest BCUT2D eigenvalue weighted by atomic mass is 10.2. The van der Waals surface area contributed by atoms with Crippen molar-refractivity contribution in [2.75, 3.05) is 0 Å². The Bertz CT molecular complexity index is 661. The summed E-state index contributed by atoms with van der Waals surface area (Å²) in [7, 11) is 0. The predicted octanol–water partition coefficient (Wildman–Crippen LogP) is 2.52. The van der Waals surface area contributed by atoms with Gasteiger partial charge in [-0.3, -0.25) is 4.79 Å². The van der Waals surface area contributed by atoms with Gasteiger partial charge in [0.25, 0.3) is 5.56 Å². The molecular formula is C13H10N2O. The lowest BCUT2D eigenvalue weighted by molar-refractivity contribution is 1.23. The number of benzene rings is 1. The summed E-state index contributed by atoms with van der Waals surface area (Å²) in [6, 6.07) is 13.6. The highest BCUT2D eigenvalue weighted by Crippen LogP contribution is 2.20. The van der Waals surface area contributed by atoms with Crippen LogP contribution in [-0.4, -0.2) is 9.97 Å². The van der Waals surface area contributed by atoms with Crippen LogP contribution >= 0.6 is 0 Å². The molecule has 0 radical (unpaired) electrons. The third-order valence-electron chi connectivity index (χ3n) is 2.64. The molecule has 3 heteroatoms.